The van der Waals surface area contributed by atoms with E-state index >= 15 is 0 Å². The first-order chi connectivity index (χ1) is 11.4. The van der Waals surface area contributed by atoms with Crippen LogP contribution in [0.2, 0.25) is 0 Å². The zero-order chi connectivity index (χ0) is 17.2. The highest BCUT2D eigenvalue weighted by Gasteiger charge is 2.32. The number of nitrogens with zero attached hydrogens (tertiary/aromatic N) is 2. The minimum absolute atomic E-state index is 0.0584. The summed E-state index contributed by atoms with van der Waals surface area (Å²) >= 11 is 0. The molecule has 0 radical (unpaired) electrons. The van der Waals surface area contributed by atoms with Gasteiger partial charge in [-0.05, 0) is 23.5 Å². The number of amides is 1. The third-order valence-electron chi connectivity index (χ3n) is 3.91. The molecule has 0 saturated heterocycles. The first-order valence-electron chi connectivity index (χ1n) is 7.86. The lowest BCUT2D eigenvalue weighted by atomic mass is 9.76. The monoisotopic (exact) mass is 321 g/mol. The van der Waals surface area contributed by atoms with Gasteiger partial charge in [-0.2, -0.15) is 0 Å². The van der Waals surface area contributed by atoms with Crippen molar-refractivity contribution in [1.82, 2.24) is 9.97 Å². The first kappa shape index (κ1) is 16.1. The molecule has 0 spiro atoms. The van der Waals surface area contributed by atoms with Crippen molar-refractivity contribution in [1.29, 1.82) is 0 Å². The molecule has 1 aliphatic rings. The van der Waals surface area contributed by atoms with Crippen LogP contribution < -0.4 is 5.32 Å². The third-order valence-corrected chi connectivity index (χ3v) is 3.91. The Morgan fingerprint density at radius 2 is 1.96 bits per heavy atom. The van der Waals surface area contributed by atoms with E-state index in [1.54, 1.807) is 6.08 Å². The van der Waals surface area contributed by atoms with Crippen molar-refractivity contribution < 1.29 is 9.59 Å². The van der Waals surface area contributed by atoms with Crippen molar-refractivity contribution in [2.75, 3.05) is 5.32 Å². The minimum atomic E-state index is -0.305. The molecule has 24 heavy (non-hydrogen) atoms. The maximum absolute atomic E-state index is 12.1. The molecule has 0 bridgehead atoms. The molecule has 1 N–H and O–H groups in total. The van der Waals surface area contributed by atoms with Gasteiger partial charge in [-0.25, -0.2) is 9.97 Å². The first-order valence-corrected chi connectivity index (χ1v) is 7.86. The van der Waals surface area contributed by atoms with Gasteiger partial charge in [-0.15, -0.1) is 0 Å². The summed E-state index contributed by atoms with van der Waals surface area (Å²) in [4.78, 5) is 32.6. The third kappa shape index (κ3) is 3.74. The molecule has 0 atom stereocenters. The number of carbonyl (C=O) groups excluding carboxylic acids is 2. The molecule has 0 saturated carbocycles. The molecule has 122 valence electrons. The van der Waals surface area contributed by atoms with Crippen LogP contribution in [0.3, 0.4) is 0 Å². The van der Waals surface area contributed by atoms with Gasteiger partial charge in [0.2, 0.25) is 5.95 Å². The highest BCUT2D eigenvalue weighted by molar-refractivity contribution is 6.01. The highest BCUT2D eigenvalue weighted by atomic mass is 16.1. The second kappa shape index (κ2) is 6.35. The molecule has 5 heteroatoms. The minimum Gasteiger partial charge on any atom is -0.294 e. The van der Waals surface area contributed by atoms with Gasteiger partial charge in [0.1, 0.15) is 0 Å². The lowest BCUT2D eigenvalue weighted by Gasteiger charge is -2.29. The Morgan fingerprint density at radius 1 is 1.21 bits per heavy atom. The van der Waals surface area contributed by atoms with E-state index in [0.29, 0.717) is 24.1 Å². The normalized spacial score (nSPS) is 16.0. The standard InChI is InChI=1S/C19H19N3O2/c1-19(2)10-15-14(16(23)11-19)12-20-18(21-15)22-17(24)9-8-13-6-4-3-5-7-13/h3-9,12H,10-11H2,1-2H3,(H,20,21,22,24)/b9-8-. The van der Waals surface area contributed by atoms with Crippen LogP contribution in [-0.4, -0.2) is 21.7 Å². The number of aromatic nitrogens is 2. The smallest absolute Gasteiger partial charge is 0.250 e. The van der Waals surface area contributed by atoms with Gasteiger partial charge in [0.05, 0.1) is 11.3 Å². The number of hydrogen-bond donors (Lipinski definition) is 1. The van der Waals surface area contributed by atoms with Crippen molar-refractivity contribution in [2.45, 2.75) is 26.7 Å². The van der Waals surface area contributed by atoms with Crippen molar-refractivity contribution in [3.05, 3.63) is 59.4 Å². The molecule has 3 rings (SSSR count). The molecule has 1 aromatic heterocycles. The highest BCUT2D eigenvalue weighted by Crippen LogP contribution is 2.33. The summed E-state index contributed by atoms with van der Waals surface area (Å²) in [7, 11) is 0. The maximum atomic E-state index is 12.1. The molecule has 1 aliphatic carbocycles. The molecule has 1 heterocycles. The Morgan fingerprint density at radius 3 is 2.71 bits per heavy atom. The molecular formula is C19H19N3O2. The van der Waals surface area contributed by atoms with E-state index in [1.165, 1.54) is 12.3 Å². The van der Waals surface area contributed by atoms with Crippen LogP contribution in [0, 0.1) is 5.41 Å². The van der Waals surface area contributed by atoms with Gasteiger partial charge in [0, 0.05) is 18.7 Å². The summed E-state index contributed by atoms with van der Waals surface area (Å²) in [6.07, 6.45) is 5.86. The van der Waals surface area contributed by atoms with Crippen LogP contribution in [0.1, 0.15) is 41.9 Å². The van der Waals surface area contributed by atoms with Crippen molar-refractivity contribution in [3.8, 4) is 0 Å². The van der Waals surface area contributed by atoms with Crippen molar-refractivity contribution in [3.63, 3.8) is 0 Å². The van der Waals surface area contributed by atoms with E-state index in [1.807, 2.05) is 44.2 Å². The van der Waals surface area contributed by atoms with Crippen LogP contribution >= 0.6 is 0 Å². The van der Waals surface area contributed by atoms with Gasteiger partial charge in [0.15, 0.2) is 5.78 Å². The number of carbonyl (C=O) groups is 2. The number of Topliss-reactive ketones (excluding diaryl/α,β-unsaturated/α-hetero) is 1. The number of fused-ring (bicyclic) bond motifs is 1. The molecule has 0 fully saturated rings. The predicted octanol–water partition coefficient (Wildman–Crippen LogP) is 3.28. The lowest BCUT2D eigenvalue weighted by molar-refractivity contribution is -0.111. The Hall–Kier alpha value is -2.82. The summed E-state index contributed by atoms with van der Waals surface area (Å²) < 4.78 is 0. The average molecular weight is 321 g/mol. The summed E-state index contributed by atoms with van der Waals surface area (Å²) in [6, 6.07) is 9.55. The Balaban J connectivity index is 1.73. The Bertz CT molecular complexity index is 811. The summed E-state index contributed by atoms with van der Waals surface area (Å²) in [5.74, 6) is -0.0229. The number of anilines is 1. The van der Waals surface area contributed by atoms with Crippen LogP contribution in [0.5, 0.6) is 0 Å². The molecule has 5 nitrogen and oxygen atoms in total. The van der Waals surface area contributed by atoms with Gasteiger partial charge in [0.25, 0.3) is 5.91 Å². The molecule has 0 unspecified atom stereocenters. The molecule has 1 aromatic carbocycles. The fraction of sp³-hybridized carbons (Fsp3) is 0.263. The van der Waals surface area contributed by atoms with Gasteiger partial charge >= 0.3 is 0 Å². The van der Waals surface area contributed by atoms with E-state index < -0.39 is 0 Å². The van der Waals surface area contributed by atoms with Crippen LogP contribution in [-0.2, 0) is 11.2 Å². The van der Waals surface area contributed by atoms with Gasteiger partial charge in [-0.3, -0.25) is 14.9 Å². The largest absolute Gasteiger partial charge is 0.294 e. The second-order valence-electron chi connectivity index (χ2n) is 6.73. The average Bonchev–Trinajstić information content (AvgIpc) is 2.52. The van der Waals surface area contributed by atoms with E-state index in [9.17, 15) is 9.59 Å². The summed E-state index contributed by atoms with van der Waals surface area (Å²) in [5.41, 5.74) is 2.08. The van der Waals surface area contributed by atoms with Gasteiger partial charge < -0.3 is 0 Å². The summed E-state index contributed by atoms with van der Waals surface area (Å²) in [6.45, 7) is 4.08. The van der Waals surface area contributed by atoms with Crippen molar-refractivity contribution >= 4 is 23.7 Å². The number of ketones is 1. The van der Waals surface area contributed by atoms with Crippen LogP contribution in [0.15, 0.2) is 42.6 Å². The van der Waals surface area contributed by atoms with Gasteiger partial charge in [-0.1, -0.05) is 44.2 Å². The quantitative estimate of drug-likeness (QED) is 0.881. The maximum Gasteiger partial charge on any atom is 0.250 e. The number of benzene rings is 1. The SMILES string of the molecule is CC1(C)CC(=O)c2cnc(NC(=O)/C=C\c3ccccc3)nc2C1. The van der Waals surface area contributed by atoms with E-state index in [0.717, 1.165) is 5.56 Å². The van der Waals surface area contributed by atoms with Crippen molar-refractivity contribution in [2.24, 2.45) is 5.41 Å². The zero-order valence-corrected chi connectivity index (χ0v) is 13.7. The van der Waals surface area contributed by atoms with E-state index in [2.05, 4.69) is 15.3 Å². The zero-order valence-electron chi connectivity index (χ0n) is 13.7. The predicted molar refractivity (Wildman–Crippen MR) is 92.6 cm³/mol. The lowest BCUT2D eigenvalue weighted by Crippen LogP contribution is -2.28. The fourth-order valence-electron chi connectivity index (χ4n) is 2.78. The molecule has 2 aromatic rings. The fourth-order valence-corrected chi connectivity index (χ4v) is 2.78. The summed E-state index contributed by atoms with van der Waals surface area (Å²) in [5, 5.41) is 2.65. The van der Waals surface area contributed by atoms with E-state index in [4.69, 9.17) is 0 Å². The number of nitrogens with one attached hydrogen (secondary N) is 1. The van der Waals surface area contributed by atoms with Crippen LogP contribution in [0.25, 0.3) is 6.08 Å². The Kier molecular flexibility index (Phi) is 4.25. The number of rotatable bonds is 3. The Labute approximate surface area is 140 Å². The van der Waals surface area contributed by atoms with Crippen LogP contribution in [0.4, 0.5) is 5.95 Å². The number of hydrogen-bond acceptors (Lipinski definition) is 4. The van der Waals surface area contributed by atoms with E-state index in [-0.39, 0.29) is 23.1 Å². The topological polar surface area (TPSA) is 72.0 Å². The molecular weight excluding hydrogens is 302 g/mol. The molecule has 1 amide bonds. The second-order valence-corrected chi connectivity index (χ2v) is 6.73. The molecule has 0 aliphatic heterocycles.